The smallest absolute Gasteiger partial charge is 0.120 e. The van der Waals surface area contributed by atoms with E-state index in [9.17, 15) is 5.11 Å². The molecule has 3 rings (SSSR count). The molecule has 1 N–H and O–H groups in total. The Morgan fingerprint density at radius 3 is 2.46 bits per heavy atom. The number of ether oxygens (including phenoxy) is 1. The Balaban J connectivity index is 1.54. The van der Waals surface area contributed by atoms with Crippen molar-refractivity contribution in [2.45, 2.75) is 6.10 Å². The fourth-order valence-corrected chi connectivity index (χ4v) is 3.16. The summed E-state index contributed by atoms with van der Waals surface area (Å²) in [5, 5.41) is 11.1. The van der Waals surface area contributed by atoms with Gasteiger partial charge in [-0.05, 0) is 29.8 Å². The highest BCUT2D eigenvalue weighted by Crippen LogP contribution is 2.23. The highest BCUT2D eigenvalue weighted by molar-refractivity contribution is 6.30. The maximum atomic E-state index is 10.4. The van der Waals surface area contributed by atoms with Crippen molar-refractivity contribution in [2.24, 2.45) is 0 Å². The average molecular weight is 347 g/mol. The Morgan fingerprint density at radius 1 is 1.08 bits per heavy atom. The summed E-state index contributed by atoms with van der Waals surface area (Å²) in [6, 6.07) is 15.6. The van der Waals surface area contributed by atoms with Gasteiger partial charge in [-0.2, -0.15) is 0 Å². The van der Waals surface area contributed by atoms with Crippen LogP contribution in [-0.4, -0.2) is 49.8 Å². The number of aliphatic hydroxyl groups excluding tert-OH is 1. The summed E-state index contributed by atoms with van der Waals surface area (Å²) in [7, 11) is 1.69. The van der Waals surface area contributed by atoms with E-state index >= 15 is 0 Å². The summed E-state index contributed by atoms with van der Waals surface area (Å²) in [5.74, 6) is 0.882. The van der Waals surface area contributed by atoms with Gasteiger partial charge in [0.25, 0.3) is 0 Å². The Hall–Kier alpha value is -1.75. The van der Waals surface area contributed by atoms with Gasteiger partial charge in [-0.3, -0.25) is 4.90 Å². The van der Waals surface area contributed by atoms with E-state index in [4.69, 9.17) is 16.3 Å². The first-order chi connectivity index (χ1) is 11.7. The minimum atomic E-state index is -0.481. The number of halogens is 1. The molecule has 1 heterocycles. The summed E-state index contributed by atoms with van der Waals surface area (Å²) in [5.41, 5.74) is 2.10. The lowest BCUT2D eigenvalue weighted by atomic mass is 10.1. The lowest BCUT2D eigenvalue weighted by molar-refractivity contribution is 0.109. The van der Waals surface area contributed by atoms with Gasteiger partial charge in [0.2, 0.25) is 0 Å². The van der Waals surface area contributed by atoms with Crippen LogP contribution in [-0.2, 0) is 0 Å². The first-order valence-electron chi connectivity index (χ1n) is 8.20. The van der Waals surface area contributed by atoms with Crippen LogP contribution in [0.4, 0.5) is 5.69 Å². The maximum Gasteiger partial charge on any atom is 0.120 e. The number of rotatable bonds is 5. The number of hydrogen-bond acceptors (Lipinski definition) is 4. The van der Waals surface area contributed by atoms with E-state index in [-0.39, 0.29) is 0 Å². The van der Waals surface area contributed by atoms with E-state index in [0.29, 0.717) is 11.6 Å². The zero-order chi connectivity index (χ0) is 16.9. The van der Waals surface area contributed by atoms with Crippen molar-refractivity contribution in [3.05, 3.63) is 59.1 Å². The molecule has 2 aromatic rings. The molecule has 0 aliphatic carbocycles. The number of hydrogen-bond donors (Lipinski definition) is 1. The highest BCUT2D eigenvalue weighted by Gasteiger charge is 2.20. The monoisotopic (exact) mass is 346 g/mol. The Bertz CT molecular complexity index is 655. The van der Waals surface area contributed by atoms with Crippen LogP contribution in [0.3, 0.4) is 0 Å². The molecule has 2 aromatic carbocycles. The SMILES string of the molecule is COc1cccc(N2CCN(CC(O)c3ccc(Cl)cc3)CC2)c1. The van der Waals surface area contributed by atoms with Crippen LogP contribution in [0.2, 0.25) is 5.02 Å². The number of β-amino-alcohol motifs (C(OH)–C–C–N with tert-alkyl or cyclic N) is 1. The minimum absolute atomic E-state index is 0.481. The van der Waals surface area contributed by atoms with Gasteiger partial charge in [-0.15, -0.1) is 0 Å². The van der Waals surface area contributed by atoms with Crippen molar-refractivity contribution in [3.63, 3.8) is 0 Å². The van der Waals surface area contributed by atoms with E-state index in [1.54, 1.807) is 7.11 Å². The second-order valence-electron chi connectivity index (χ2n) is 6.06. The van der Waals surface area contributed by atoms with Gasteiger partial charge in [0, 0.05) is 49.5 Å². The number of anilines is 1. The third-order valence-corrected chi connectivity index (χ3v) is 4.73. The second-order valence-corrected chi connectivity index (χ2v) is 6.49. The molecule has 1 unspecified atom stereocenters. The van der Waals surface area contributed by atoms with Crippen molar-refractivity contribution >= 4 is 17.3 Å². The summed E-state index contributed by atoms with van der Waals surface area (Å²) in [6.07, 6.45) is -0.481. The number of piperazine rings is 1. The predicted octanol–water partition coefficient (Wildman–Crippen LogP) is 3.20. The van der Waals surface area contributed by atoms with Gasteiger partial charge < -0.3 is 14.7 Å². The number of methoxy groups -OCH3 is 1. The normalized spacial score (nSPS) is 16.9. The molecule has 0 saturated carbocycles. The Labute approximate surface area is 148 Å². The van der Waals surface area contributed by atoms with Crippen LogP contribution < -0.4 is 9.64 Å². The van der Waals surface area contributed by atoms with Crippen molar-refractivity contribution in [2.75, 3.05) is 44.7 Å². The predicted molar refractivity (Wildman–Crippen MR) is 98.1 cm³/mol. The van der Waals surface area contributed by atoms with Gasteiger partial charge in [0.1, 0.15) is 5.75 Å². The fourth-order valence-electron chi connectivity index (χ4n) is 3.03. The molecule has 0 bridgehead atoms. The minimum Gasteiger partial charge on any atom is -0.497 e. The molecule has 0 amide bonds. The summed E-state index contributed by atoms with van der Waals surface area (Å²) >= 11 is 5.90. The van der Waals surface area contributed by atoms with Crippen molar-refractivity contribution in [3.8, 4) is 5.75 Å². The molecule has 1 aliphatic heterocycles. The van der Waals surface area contributed by atoms with E-state index in [1.165, 1.54) is 5.69 Å². The maximum absolute atomic E-state index is 10.4. The molecule has 128 valence electrons. The third kappa shape index (κ3) is 4.20. The number of benzene rings is 2. The molecule has 1 aliphatic rings. The van der Waals surface area contributed by atoms with Crippen LogP contribution in [0.25, 0.3) is 0 Å². The van der Waals surface area contributed by atoms with Gasteiger partial charge in [0.05, 0.1) is 13.2 Å². The fraction of sp³-hybridized carbons (Fsp3) is 0.368. The molecule has 24 heavy (non-hydrogen) atoms. The second kappa shape index (κ2) is 7.88. The molecule has 4 nitrogen and oxygen atoms in total. The molecule has 0 spiro atoms. The molecular weight excluding hydrogens is 324 g/mol. The quantitative estimate of drug-likeness (QED) is 0.902. The van der Waals surface area contributed by atoms with E-state index in [0.717, 1.165) is 37.5 Å². The first kappa shape index (κ1) is 17.1. The van der Waals surface area contributed by atoms with Crippen LogP contribution in [0.5, 0.6) is 5.75 Å². The zero-order valence-corrected chi connectivity index (χ0v) is 14.6. The van der Waals surface area contributed by atoms with Gasteiger partial charge in [-0.1, -0.05) is 29.8 Å². The number of aliphatic hydroxyl groups is 1. The topological polar surface area (TPSA) is 35.9 Å². The largest absolute Gasteiger partial charge is 0.497 e. The third-order valence-electron chi connectivity index (χ3n) is 4.48. The van der Waals surface area contributed by atoms with E-state index < -0.39 is 6.10 Å². The van der Waals surface area contributed by atoms with Gasteiger partial charge >= 0.3 is 0 Å². The summed E-state index contributed by atoms with van der Waals surface area (Å²) < 4.78 is 5.30. The van der Waals surface area contributed by atoms with Gasteiger partial charge in [-0.25, -0.2) is 0 Å². The van der Waals surface area contributed by atoms with E-state index in [1.807, 2.05) is 36.4 Å². The first-order valence-corrected chi connectivity index (χ1v) is 8.58. The Kier molecular flexibility index (Phi) is 5.61. The molecular formula is C19H23ClN2O2. The Morgan fingerprint density at radius 2 is 1.79 bits per heavy atom. The van der Waals surface area contributed by atoms with E-state index in [2.05, 4.69) is 21.9 Å². The lowest BCUT2D eigenvalue weighted by Crippen LogP contribution is -2.47. The number of nitrogens with zero attached hydrogens (tertiary/aromatic N) is 2. The molecule has 1 saturated heterocycles. The molecule has 0 aromatic heterocycles. The van der Waals surface area contributed by atoms with Crippen LogP contribution in [0.1, 0.15) is 11.7 Å². The molecule has 5 heteroatoms. The standard InChI is InChI=1S/C19H23ClN2O2/c1-24-18-4-2-3-17(13-18)22-11-9-21(10-12-22)14-19(23)15-5-7-16(20)8-6-15/h2-8,13,19,23H,9-12,14H2,1H3. The summed E-state index contributed by atoms with van der Waals surface area (Å²) in [6.45, 7) is 4.40. The highest BCUT2D eigenvalue weighted by atomic mass is 35.5. The van der Waals surface area contributed by atoms with Crippen molar-refractivity contribution in [1.82, 2.24) is 4.90 Å². The lowest BCUT2D eigenvalue weighted by Gasteiger charge is -2.37. The average Bonchev–Trinajstić information content (AvgIpc) is 2.63. The van der Waals surface area contributed by atoms with Crippen LogP contribution in [0, 0.1) is 0 Å². The van der Waals surface area contributed by atoms with Crippen molar-refractivity contribution in [1.29, 1.82) is 0 Å². The van der Waals surface area contributed by atoms with Crippen LogP contribution >= 0.6 is 11.6 Å². The van der Waals surface area contributed by atoms with Gasteiger partial charge in [0.15, 0.2) is 0 Å². The molecule has 1 atom stereocenters. The summed E-state index contributed by atoms with van der Waals surface area (Å²) in [4.78, 5) is 4.66. The molecule has 1 fully saturated rings. The van der Waals surface area contributed by atoms with Crippen molar-refractivity contribution < 1.29 is 9.84 Å². The molecule has 0 radical (unpaired) electrons. The van der Waals surface area contributed by atoms with Crippen LogP contribution in [0.15, 0.2) is 48.5 Å². The zero-order valence-electron chi connectivity index (χ0n) is 13.9.